The molecule has 0 aromatic heterocycles. The zero-order chi connectivity index (χ0) is 19.2. The standard InChI is InChI=1S/C20H26N2O3S/c1-16-7-6-9-18(13-16)15-22(26(3,24)25)12-11-21-20(23)14-19-10-5-4-8-17(19)2/h4-10,13H,11-12,14-15H2,1-3H3,(H,21,23). The van der Waals surface area contributed by atoms with Crippen LogP contribution >= 0.6 is 0 Å². The Balaban J connectivity index is 1.91. The van der Waals surface area contributed by atoms with Gasteiger partial charge in [-0.15, -0.1) is 0 Å². The number of aryl methyl sites for hydroxylation is 2. The second kappa shape index (κ2) is 8.96. The minimum absolute atomic E-state index is 0.108. The predicted octanol–water partition coefficient (Wildman–Crippen LogP) is 2.42. The van der Waals surface area contributed by atoms with Crippen LogP contribution in [0, 0.1) is 13.8 Å². The first-order valence-corrected chi connectivity index (χ1v) is 10.4. The van der Waals surface area contributed by atoms with Gasteiger partial charge < -0.3 is 5.32 Å². The van der Waals surface area contributed by atoms with Crippen LogP contribution in [-0.4, -0.2) is 38.0 Å². The van der Waals surface area contributed by atoms with Gasteiger partial charge in [-0.05, 0) is 30.5 Å². The van der Waals surface area contributed by atoms with E-state index in [-0.39, 0.29) is 19.0 Å². The van der Waals surface area contributed by atoms with Crippen LogP contribution in [0.2, 0.25) is 0 Å². The van der Waals surface area contributed by atoms with Gasteiger partial charge in [0.25, 0.3) is 0 Å². The Morgan fingerprint density at radius 2 is 1.81 bits per heavy atom. The van der Waals surface area contributed by atoms with E-state index >= 15 is 0 Å². The molecule has 0 unspecified atom stereocenters. The van der Waals surface area contributed by atoms with Crippen LogP contribution in [0.15, 0.2) is 48.5 Å². The van der Waals surface area contributed by atoms with Gasteiger partial charge >= 0.3 is 0 Å². The quantitative estimate of drug-likeness (QED) is 0.772. The highest BCUT2D eigenvalue weighted by molar-refractivity contribution is 7.88. The largest absolute Gasteiger partial charge is 0.354 e. The van der Waals surface area contributed by atoms with E-state index in [0.717, 1.165) is 22.3 Å². The van der Waals surface area contributed by atoms with Crippen LogP contribution in [0.3, 0.4) is 0 Å². The number of hydrogen-bond acceptors (Lipinski definition) is 3. The highest BCUT2D eigenvalue weighted by Crippen LogP contribution is 2.10. The molecule has 0 fully saturated rings. The van der Waals surface area contributed by atoms with Gasteiger partial charge in [-0.2, -0.15) is 4.31 Å². The molecule has 6 heteroatoms. The summed E-state index contributed by atoms with van der Waals surface area (Å²) in [5, 5.41) is 2.81. The molecule has 0 bridgehead atoms. The number of carbonyl (C=O) groups excluding carboxylic acids is 1. The third-order valence-corrected chi connectivity index (χ3v) is 5.46. The summed E-state index contributed by atoms with van der Waals surface area (Å²) in [4.78, 5) is 12.1. The molecule has 140 valence electrons. The van der Waals surface area contributed by atoms with E-state index < -0.39 is 10.0 Å². The van der Waals surface area contributed by atoms with Crippen molar-refractivity contribution in [3.05, 3.63) is 70.8 Å². The van der Waals surface area contributed by atoms with Crippen molar-refractivity contribution in [2.45, 2.75) is 26.8 Å². The number of nitrogens with zero attached hydrogens (tertiary/aromatic N) is 1. The molecule has 0 saturated heterocycles. The number of amides is 1. The molecule has 0 radical (unpaired) electrons. The lowest BCUT2D eigenvalue weighted by molar-refractivity contribution is -0.120. The fourth-order valence-electron chi connectivity index (χ4n) is 2.74. The van der Waals surface area contributed by atoms with Crippen molar-refractivity contribution in [2.75, 3.05) is 19.3 Å². The maximum absolute atomic E-state index is 12.1. The molecular weight excluding hydrogens is 348 g/mol. The van der Waals surface area contributed by atoms with Gasteiger partial charge in [0, 0.05) is 19.6 Å². The van der Waals surface area contributed by atoms with Crippen LogP contribution in [0.1, 0.15) is 22.3 Å². The lowest BCUT2D eigenvalue weighted by Gasteiger charge is -2.20. The van der Waals surface area contributed by atoms with E-state index in [2.05, 4.69) is 5.32 Å². The minimum atomic E-state index is -3.36. The summed E-state index contributed by atoms with van der Waals surface area (Å²) in [7, 11) is -3.36. The number of rotatable bonds is 8. The molecule has 0 aliphatic carbocycles. The summed E-state index contributed by atoms with van der Waals surface area (Å²) < 4.78 is 25.5. The van der Waals surface area contributed by atoms with Crippen LogP contribution in [0.25, 0.3) is 0 Å². The summed E-state index contributed by atoms with van der Waals surface area (Å²) in [6.07, 6.45) is 1.49. The van der Waals surface area contributed by atoms with Crippen molar-refractivity contribution in [2.24, 2.45) is 0 Å². The highest BCUT2D eigenvalue weighted by Gasteiger charge is 2.17. The number of carbonyl (C=O) groups is 1. The van der Waals surface area contributed by atoms with E-state index in [0.29, 0.717) is 13.0 Å². The second-order valence-corrected chi connectivity index (χ2v) is 8.52. The fourth-order valence-corrected chi connectivity index (χ4v) is 3.55. The number of hydrogen-bond donors (Lipinski definition) is 1. The van der Waals surface area contributed by atoms with E-state index in [1.165, 1.54) is 10.6 Å². The summed E-state index contributed by atoms with van der Waals surface area (Å²) in [6, 6.07) is 15.5. The first kappa shape index (κ1) is 20.1. The smallest absolute Gasteiger partial charge is 0.224 e. The molecule has 0 spiro atoms. The molecule has 0 aliphatic rings. The third-order valence-electron chi connectivity index (χ3n) is 4.21. The van der Waals surface area contributed by atoms with Gasteiger partial charge in [-0.25, -0.2) is 8.42 Å². The van der Waals surface area contributed by atoms with E-state index in [4.69, 9.17) is 0 Å². The van der Waals surface area contributed by atoms with Crippen molar-refractivity contribution in [3.8, 4) is 0 Å². The van der Waals surface area contributed by atoms with E-state index in [1.807, 2.05) is 62.4 Å². The molecule has 0 saturated carbocycles. The topological polar surface area (TPSA) is 66.5 Å². The van der Waals surface area contributed by atoms with Crippen molar-refractivity contribution in [1.29, 1.82) is 0 Å². The second-order valence-electron chi connectivity index (χ2n) is 6.54. The van der Waals surface area contributed by atoms with Crippen LogP contribution in [-0.2, 0) is 27.8 Å². The lowest BCUT2D eigenvalue weighted by atomic mass is 10.1. The lowest BCUT2D eigenvalue weighted by Crippen LogP contribution is -2.38. The zero-order valence-corrected chi connectivity index (χ0v) is 16.3. The average Bonchev–Trinajstić information content (AvgIpc) is 2.55. The van der Waals surface area contributed by atoms with Gasteiger partial charge in [-0.3, -0.25) is 4.79 Å². The van der Waals surface area contributed by atoms with Gasteiger partial charge in [0.2, 0.25) is 15.9 Å². The molecular formula is C20H26N2O3S. The van der Waals surface area contributed by atoms with Gasteiger partial charge in [0.05, 0.1) is 12.7 Å². The van der Waals surface area contributed by atoms with Crippen molar-refractivity contribution >= 4 is 15.9 Å². The summed E-state index contributed by atoms with van der Waals surface area (Å²) >= 11 is 0. The van der Waals surface area contributed by atoms with Crippen LogP contribution < -0.4 is 5.32 Å². The van der Waals surface area contributed by atoms with E-state index in [1.54, 1.807) is 0 Å². The number of sulfonamides is 1. The fraction of sp³-hybridized carbons (Fsp3) is 0.350. The summed E-state index contributed by atoms with van der Waals surface area (Å²) in [5.41, 5.74) is 4.06. The number of benzene rings is 2. The summed E-state index contributed by atoms with van der Waals surface area (Å²) in [6.45, 7) is 4.76. The normalized spacial score (nSPS) is 11.5. The van der Waals surface area contributed by atoms with Crippen LogP contribution in [0.5, 0.6) is 0 Å². The minimum Gasteiger partial charge on any atom is -0.354 e. The molecule has 2 rings (SSSR count). The van der Waals surface area contributed by atoms with Crippen LogP contribution in [0.4, 0.5) is 0 Å². The average molecular weight is 375 g/mol. The Bertz CT molecular complexity index is 863. The first-order chi connectivity index (χ1) is 12.3. The van der Waals surface area contributed by atoms with Gasteiger partial charge in [-0.1, -0.05) is 54.1 Å². The third kappa shape index (κ3) is 6.28. The molecule has 0 atom stereocenters. The van der Waals surface area contributed by atoms with Gasteiger partial charge in [0.1, 0.15) is 0 Å². The maximum atomic E-state index is 12.1. The highest BCUT2D eigenvalue weighted by atomic mass is 32.2. The zero-order valence-electron chi connectivity index (χ0n) is 15.5. The molecule has 5 nitrogen and oxygen atoms in total. The molecule has 26 heavy (non-hydrogen) atoms. The first-order valence-electron chi connectivity index (χ1n) is 8.57. The van der Waals surface area contributed by atoms with Crippen molar-refractivity contribution in [1.82, 2.24) is 9.62 Å². The Labute approximate surface area is 156 Å². The molecule has 2 aromatic carbocycles. The van der Waals surface area contributed by atoms with E-state index in [9.17, 15) is 13.2 Å². The summed E-state index contributed by atoms with van der Waals surface area (Å²) in [5.74, 6) is -0.108. The Kier molecular flexibility index (Phi) is 6.94. The van der Waals surface area contributed by atoms with Gasteiger partial charge in [0.15, 0.2) is 0 Å². The predicted molar refractivity (Wildman–Crippen MR) is 104 cm³/mol. The molecule has 1 amide bonds. The van der Waals surface area contributed by atoms with Crippen molar-refractivity contribution in [3.63, 3.8) is 0 Å². The SMILES string of the molecule is Cc1cccc(CN(CCNC(=O)Cc2ccccc2C)S(C)(=O)=O)c1. The van der Waals surface area contributed by atoms with Crippen molar-refractivity contribution < 1.29 is 13.2 Å². The Morgan fingerprint density at radius 1 is 1.08 bits per heavy atom. The molecule has 1 N–H and O–H groups in total. The molecule has 0 heterocycles. The Morgan fingerprint density at radius 3 is 2.46 bits per heavy atom. The monoisotopic (exact) mass is 374 g/mol. The molecule has 0 aliphatic heterocycles. The number of nitrogens with one attached hydrogen (secondary N) is 1. The Hall–Kier alpha value is -2.18. The maximum Gasteiger partial charge on any atom is 0.224 e. The molecule has 2 aromatic rings.